The Labute approximate surface area is 73.1 Å². The van der Waals surface area contributed by atoms with Crippen LogP contribution < -0.4 is 5.32 Å². The molecular weight excluding hydrogens is 158 g/mol. The molecule has 0 atom stereocenters. The van der Waals surface area contributed by atoms with E-state index in [4.69, 9.17) is 0 Å². The SMILES string of the molecule is CC(=O)CSCCNC(C)C. The van der Waals surface area contributed by atoms with E-state index in [1.54, 1.807) is 18.7 Å². The molecule has 0 spiro atoms. The molecule has 0 saturated carbocycles. The van der Waals surface area contributed by atoms with Crippen LogP contribution in [0.2, 0.25) is 0 Å². The summed E-state index contributed by atoms with van der Waals surface area (Å²) in [6.07, 6.45) is 0. The quantitative estimate of drug-likeness (QED) is 0.617. The number of carbonyl (C=O) groups excluding carboxylic acids is 1. The van der Waals surface area contributed by atoms with Crippen LogP contribution in [0.3, 0.4) is 0 Å². The van der Waals surface area contributed by atoms with Gasteiger partial charge >= 0.3 is 0 Å². The maximum absolute atomic E-state index is 10.5. The zero-order chi connectivity index (χ0) is 8.69. The Morgan fingerprint density at radius 2 is 2.18 bits per heavy atom. The van der Waals surface area contributed by atoms with Crippen molar-refractivity contribution < 1.29 is 4.79 Å². The smallest absolute Gasteiger partial charge is 0.139 e. The molecule has 0 aromatic carbocycles. The van der Waals surface area contributed by atoms with Gasteiger partial charge in [-0.1, -0.05) is 13.8 Å². The highest BCUT2D eigenvalue weighted by molar-refractivity contribution is 7.99. The van der Waals surface area contributed by atoms with E-state index in [1.807, 2.05) is 0 Å². The standard InChI is InChI=1S/C8H17NOS/c1-7(2)9-4-5-11-6-8(3)10/h7,9H,4-6H2,1-3H3. The first-order valence-electron chi connectivity index (χ1n) is 3.93. The molecule has 0 amide bonds. The lowest BCUT2D eigenvalue weighted by molar-refractivity contribution is -0.114. The fraction of sp³-hybridized carbons (Fsp3) is 0.875. The lowest BCUT2D eigenvalue weighted by Gasteiger charge is -2.06. The van der Waals surface area contributed by atoms with Crippen molar-refractivity contribution in [1.29, 1.82) is 0 Å². The molecule has 1 N–H and O–H groups in total. The van der Waals surface area contributed by atoms with Crippen LogP contribution in [0.25, 0.3) is 0 Å². The Morgan fingerprint density at radius 3 is 2.64 bits per heavy atom. The first-order chi connectivity index (χ1) is 5.13. The Balaban J connectivity index is 2.97. The van der Waals surface area contributed by atoms with Crippen molar-refractivity contribution in [3.8, 4) is 0 Å². The van der Waals surface area contributed by atoms with Crippen molar-refractivity contribution in [1.82, 2.24) is 5.32 Å². The molecule has 2 nitrogen and oxygen atoms in total. The molecule has 11 heavy (non-hydrogen) atoms. The van der Waals surface area contributed by atoms with Gasteiger partial charge < -0.3 is 5.32 Å². The van der Waals surface area contributed by atoms with E-state index in [2.05, 4.69) is 19.2 Å². The molecule has 3 heteroatoms. The zero-order valence-electron chi connectivity index (χ0n) is 7.52. The minimum Gasteiger partial charge on any atom is -0.314 e. The summed E-state index contributed by atoms with van der Waals surface area (Å²) >= 11 is 1.69. The van der Waals surface area contributed by atoms with E-state index in [-0.39, 0.29) is 5.78 Å². The Kier molecular flexibility index (Phi) is 6.66. The number of rotatable bonds is 6. The topological polar surface area (TPSA) is 29.1 Å². The average Bonchev–Trinajstić information content (AvgIpc) is 1.85. The number of thioether (sulfide) groups is 1. The van der Waals surface area contributed by atoms with Gasteiger partial charge in [0.2, 0.25) is 0 Å². The first-order valence-corrected chi connectivity index (χ1v) is 5.09. The van der Waals surface area contributed by atoms with Crippen molar-refractivity contribution in [3.63, 3.8) is 0 Å². The fourth-order valence-corrected chi connectivity index (χ4v) is 1.33. The van der Waals surface area contributed by atoms with Gasteiger partial charge in [0.1, 0.15) is 5.78 Å². The van der Waals surface area contributed by atoms with Crippen LogP contribution in [-0.4, -0.2) is 29.9 Å². The van der Waals surface area contributed by atoms with Crippen molar-refractivity contribution in [3.05, 3.63) is 0 Å². The average molecular weight is 175 g/mol. The minimum atomic E-state index is 0.263. The molecule has 0 bridgehead atoms. The van der Waals surface area contributed by atoms with Crippen LogP contribution in [0.4, 0.5) is 0 Å². The van der Waals surface area contributed by atoms with Gasteiger partial charge in [-0.3, -0.25) is 4.79 Å². The van der Waals surface area contributed by atoms with Crippen LogP contribution in [0.1, 0.15) is 20.8 Å². The fourth-order valence-electron chi connectivity index (χ4n) is 0.636. The van der Waals surface area contributed by atoms with E-state index in [0.717, 1.165) is 12.3 Å². The van der Waals surface area contributed by atoms with Gasteiger partial charge in [0.15, 0.2) is 0 Å². The lowest BCUT2D eigenvalue weighted by atomic mass is 10.4. The molecular formula is C8H17NOS. The molecule has 0 aliphatic heterocycles. The molecule has 0 fully saturated rings. The molecule has 0 rings (SSSR count). The highest BCUT2D eigenvalue weighted by Crippen LogP contribution is 1.97. The molecule has 0 aliphatic carbocycles. The second-order valence-corrected chi connectivity index (χ2v) is 3.97. The summed E-state index contributed by atoms with van der Waals surface area (Å²) in [6, 6.07) is 0.549. The van der Waals surface area contributed by atoms with Crippen LogP contribution in [0.15, 0.2) is 0 Å². The van der Waals surface area contributed by atoms with Crippen molar-refractivity contribution in [2.45, 2.75) is 26.8 Å². The van der Waals surface area contributed by atoms with Gasteiger partial charge in [0.05, 0.1) is 5.75 Å². The number of ketones is 1. The number of carbonyl (C=O) groups is 1. The van der Waals surface area contributed by atoms with Gasteiger partial charge in [-0.15, -0.1) is 0 Å². The zero-order valence-corrected chi connectivity index (χ0v) is 8.33. The van der Waals surface area contributed by atoms with Crippen LogP contribution in [-0.2, 0) is 4.79 Å². The Bertz CT molecular complexity index is 115. The third-order valence-corrected chi connectivity index (χ3v) is 2.21. The summed E-state index contributed by atoms with van der Waals surface area (Å²) < 4.78 is 0. The molecule has 0 aromatic rings. The van der Waals surface area contributed by atoms with E-state index in [9.17, 15) is 4.79 Å². The number of Topliss-reactive ketones (excluding diaryl/α,β-unsaturated/α-hetero) is 1. The monoisotopic (exact) mass is 175 g/mol. The third kappa shape index (κ3) is 9.98. The van der Waals surface area contributed by atoms with Crippen LogP contribution >= 0.6 is 11.8 Å². The van der Waals surface area contributed by atoms with Gasteiger partial charge in [-0.05, 0) is 6.92 Å². The Hall–Kier alpha value is -0.0200. The first kappa shape index (κ1) is 11.0. The normalized spacial score (nSPS) is 10.5. The molecule has 0 aromatic heterocycles. The summed E-state index contributed by atoms with van der Waals surface area (Å²) in [5, 5.41) is 3.29. The highest BCUT2D eigenvalue weighted by atomic mass is 32.2. The Morgan fingerprint density at radius 1 is 1.55 bits per heavy atom. The molecule has 0 radical (unpaired) electrons. The predicted octanol–water partition coefficient (Wildman–Crippen LogP) is 1.31. The summed E-state index contributed by atoms with van der Waals surface area (Å²) in [4.78, 5) is 10.5. The van der Waals surface area contributed by atoms with E-state index in [1.165, 1.54) is 0 Å². The van der Waals surface area contributed by atoms with Gasteiger partial charge in [0.25, 0.3) is 0 Å². The van der Waals surface area contributed by atoms with Crippen LogP contribution in [0.5, 0.6) is 0 Å². The summed E-state index contributed by atoms with van der Waals surface area (Å²) in [6.45, 7) is 6.86. The van der Waals surface area contributed by atoms with E-state index < -0.39 is 0 Å². The third-order valence-electron chi connectivity index (χ3n) is 1.10. The van der Waals surface area contributed by atoms with Gasteiger partial charge in [0, 0.05) is 18.3 Å². The summed E-state index contributed by atoms with van der Waals surface area (Å²) in [5.74, 6) is 1.94. The van der Waals surface area contributed by atoms with E-state index >= 15 is 0 Å². The van der Waals surface area contributed by atoms with Gasteiger partial charge in [-0.25, -0.2) is 0 Å². The second-order valence-electron chi connectivity index (χ2n) is 2.86. The highest BCUT2D eigenvalue weighted by Gasteiger charge is 1.94. The number of hydrogen-bond acceptors (Lipinski definition) is 3. The van der Waals surface area contributed by atoms with Crippen molar-refractivity contribution >= 4 is 17.5 Å². The minimum absolute atomic E-state index is 0.263. The lowest BCUT2D eigenvalue weighted by Crippen LogP contribution is -2.25. The molecule has 0 aliphatic rings. The van der Waals surface area contributed by atoms with Crippen molar-refractivity contribution in [2.75, 3.05) is 18.1 Å². The van der Waals surface area contributed by atoms with Gasteiger partial charge in [-0.2, -0.15) is 11.8 Å². The molecule has 0 heterocycles. The maximum Gasteiger partial charge on any atom is 0.139 e. The predicted molar refractivity (Wildman–Crippen MR) is 51.1 cm³/mol. The summed E-state index contributed by atoms with van der Waals surface area (Å²) in [5.41, 5.74) is 0. The molecule has 0 saturated heterocycles. The number of hydrogen-bond donors (Lipinski definition) is 1. The summed E-state index contributed by atoms with van der Waals surface area (Å²) in [7, 11) is 0. The van der Waals surface area contributed by atoms with E-state index in [0.29, 0.717) is 11.8 Å². The maximum atomic E-state index is 10.5. The largest absolute Gasteiger partial charge is 0.314 e. The second kappa shape index (κ2) is 6.68. The molecule has 66 valence electrons. The van der Waals surface area contributed by atoms with Crippen LogP contribution in [0, 0.1) is 0 Å². The number of nitrogens with one attached hydrogen (secondary N) is 1. The van der Waals surface area contributed by atoms with Crippen molar-refractivity contribution in [2.24, 2.45) is 0 Å². The molecule has 0 unspecified atom stereocenters.